The van der Waals surface area contributed by atoms with Crippen LogP contribution in [-0.4, -0.2) is 23.2 Å². The maximum atomic E-state index is 11.3. The summed E-state index contributed by atoms with van der Waals surface area (Å²) in [5, 5.41) is 13.4. The van der Waals surface area contributed by atoms with E-state index in [0.29, 0.717) is 24.6 Å². The molecule has 0 spiro atoms. The zero-order valence-corrected chi connectivity index (χ0v) is 11.9. The first kappa shape index (κ1) is 15.7. The first-order valence-electron chi connectivity index (χ1n) is 6.62. The van der Waals surface area contributed by atoms with Crippen LogP contribution in [-0.2, 0) is 6.54 Å². The van der Waals surface area contributed by atoms with Crippen molar-refractivity contribution in [1.82, 2.24) is 5.32 Å². The van der Waals surface area contributed by atoms with E-state index in [4.69, 9.17) is 5.73 Å². The average molecular weight is 264 g/mol. The highest BCUT2D eigenvalue weighted by atomic mass is 16.3. The predicted octanol–water partition coefficient (Wildman–Crippen LogP) is 1.67. The molecule has 4 N–H and O–H groups in total. The first-order chi connectivity index (χ1) is 8.82. The summed E-state index contributed by atoms with van der Waals surface area (Å²) in [6, 6.07) is 7.24. The van der Waals surface area contributed by atoms with Crippen molar-refractivity contribution in [2.24, 2.45) is 11.7 Å². The van der Waals surface area contributed by atoms with Crippen LogP contribution in [0.3, 0.4) is 0 Å². The molecule has 4 heteroatoms. The molecule has 0 fully saturated rings. The molecule has 1 rings (SSSR count). The Labute approximate surface area is 115 Å². The fourth-order valence-electron chi connectivity index (χ4n) is 2.33. The SMILES string of the molecule is CC(C)CC(C)(O)CNCc1ccccc1C(N)=O. The Balaban J connectivity index is 2.56. The van der Waals surface area contributed by atoms with Gasteiger partial charge in [0.1, 0.15) is 0 Å². The number of benzene rings is 1. The minimum atomic E-state index is -0.740. The molecule has 1 aromatic carbocycles. The van der Waals surface area contributed by atoms with Gasteiger partial charge in [-0.1, -0.05) is 32.0 Å². The second-order valence-electron chi connectivity index (χ2n) is 5.72. The van der Waals surface area contributed by atoms with E-state index in [9.17, 15) is 9.90 Å². The third kappa shape index (κ3) is 5.41. The van der Waals surface area contributed by atoms with E-state index in [1.807, 2.05) is 19.1 Å². The molecule has 0 saturated heterocycles. The van der Waals surface area contributed by atoms with Crippen molar-refractivity contribution in [2.75, 3.05) is 6.54 Å². The number of rotatable bonds is 7. The zero-order valence-electron chi connectivity index (χ0n) is 11.9. The molecule has 1 atom stereocenters. The van der Waals surface area contributed by atoms with E-state index in [1.54, 1.807) is 12.1 Å². The van der Waals surface area contributed by atoms with Crippen LogP contribution in [0.15, 0.2) is 24.3 Å². The molecule has 1 amide bonds. The van der Waals surface area contributed by atoms with Crippen molar-refractivity contribution in [2.45, 2.75) is 39.3 Å². The molecule has 0 aliphatic heterocycles. The summed E-state index contributed by atoms with van der Waals surface area (Å²) in [5.41, 5.74) is 5.96. The van der Waals surface area contributed by atoms with Crippen molar-refractivity contribution in [3.63, 3.8) is 0 Å². The molecular formula is C15H24N2O2. The van der Waals surface area contributed by atoms with Gasteiger partial charge in [0.25, 0.3) is 0 Å². The molecule has 4 nitrogen and oxygen atoms in total. The number of carbonyl (C=O) groups excluding carboxylic acids is 1. The largest absolute Gasteiger partial charge is 0.389 e. The van der Waals surface area contributed by atoms with Gasteiger partial charge in [-0.2, -0.15) is 0 Å². The number of nitrogens with one attached hydrogen (secondary N) is 1. The van der Waals surface area contributed by atoms with Crippen LogP contribution < -0.4 is 11.1 Å². The monoisotopic (exact) mass is 264 g/mol. The van der Waals surface area contributed by atoms with E-state index < -0.39 is 11.5 Å². The molecule has 0 heterocycles. The van der Waals surface area contributed by atoms with E-state index in [1.165, 1.54) is 0 Å². The average Bonchev–Trinajstić information content (AvgIpc) is 2.27. The second kappa shape index (κ2) is 6.68. The molecular weight excluding hydrogens is 240 g/mol. The van der Waals surface area contributed by atoms with Crippen LogP contribution in [0, 0.1) is 5.92 Å². The summed E-state index contributed by atoms with van der Waals surface area (Å²) < 4.78 is 0. The van der Waals surface area contributed by atoms with Gasteiger partial charge in [-0.05, 0) is 30.9 Å². The summed E-state index contributed by atoms with van der Waals surface area (Å²) >= 11 is 0. The fourth-order valence-corrected chi connectivity index (χ4v) is 2.33. The van der Waals surface area contributed by atoms with Crippen molar-refractivity contribution in [3.8, 4) is 0 Å². The Morgan fingerprint density at radius 2 is 2.05 bits per heavy atom. The normalized spacial score (nSPS) is 14.4. The Kier molecular flexibility index (Phi) is 5.51. The molecule has 0 aliphatic rings. The van der Waals surface area contributed by atoms with Crippen molar-refractivity contribution < 1.29 is 9.90 Å². The van der Waals surface area contributed by atoms with E-state index in [2.05, 4.69) is 19.2 Å². The number of nitrogens with two attached hydrogens (primary N) is 1. The van der Waals surface area contributed by atoms with Crippen LogP contribution in [0.1, 0.15) is 43.1 Å². The van der Waals surface area contributed by atoms with Gasteiger partial charge in [0.15, 0.2) is 0 Å². The Bertz CT molecular complexity index is 428. The number of aliphatic hydroxyl groups is 1. The van der Waals surface area contributed by atoms with E-state index >= 15 is 0 Å². The maximum Gasteiger partial charge on any atom is 0.249 e. The zero-order chi connectivity index (χ0) is 14.5. The summed E-state index contributed by atoms with van der Waals surface area (Å²) in [5.74, 6) is 0.0149. The molecule has 0 aromatic heterocycles. The highest BCUT2D eigenvalue weighted by Gasteiger charge is 2.21. The number of primary amides is 1. The van der Waals surface area contributed by atoms with Gasteiger partial charge in [0.2, 0.25) is 5.91 Å². The Morgan fingerprint density at radius 1 is 1.42 bits per heavy atom. The van der Waals surface area contributed by atoms with Crippen molar-refractivity contribution in [3.05, 3.63) is 35.4 Å². The minimum absolute atomic E-state index is 0.425. The standard InChI is InChI=1S/C15H24N2O2/c1-11(2)8-15(3,19)10-17-9-12-6-4-5-7-13(12)14(16)18/h4-7,11,17,19H,8-10H2,1-3H3,(H2,16,18). The molecule has 19 heavy (non-hydrogen) atoms. The smallest absolute Gasteiger partial charge is 0.249 e. The highest BCUT2D eigenvalue weighted by Crippen LogP contribution is 2.15. The van der Waals surface area contributed by atoms with Gasteiger partial charge < -0.3 is 16.2 Å². The van der Waals surface area contributed by atoms with Crippen LogP contribution in [0.5, 0.6) is 0 Å². The van der Waals surface area contributed by atoms with Gasteiger partial charge in [0, 0.05) is 18.7 Å². The lowest BCUT2D eigenvalue weighted by Crippen LogP contribution is -2.38. The molecule has 106 valence electrons. The Hall–Kier alpha value is -1.39. The summed E-state index contributed by atoms with van der Waals surface area (Å²) in [4.78, 5) is 11.3. The quantitative estimate of drug-likeness (QED) is 0.701. The van der Waals surface area contributed by atoms with Gasteiger partial charge in [-0.25, -0.2) is 0 Å². The molecule has 1 unspecified atom stereocenters. The number of amides is 1. The lowest BCUT2D eigenvalue weighted by molar-refractivity contribution is 0.0383. The molecule has 0 radical (unpaired) electrons. The van der Waals surface area contributed by atoms with Gasteiger partial charge in [-0.3, -0.25) is 4.79 Å². The Morgan fingerprint density at radius 3 is 2.63 bits per heavy atom. The highest BCUT2D eigenvalue weighted by molar-refractivity contribution is 5.94. The van der Waals surface area contributed by atoms with Crippen LogP contribution in [0.25, 0.3) is 0 Å². The molecule has 0 bridgehead atoms. The van der Waals surface area contributed by atoms with Gasteiger partial charge in [-0.15, -0.1) is 0 Å². The lowest BCUT2D eigenvalue weighted by atomic mass is 9.94. The van der Waals surface area contributed by atoms with Gasteiger partial charge in [0.05, 0.1) is 5.60 Å². The number of carbonyl (C=O) groups is 1. The maximum absolute atomic E-state index is 11.3. The predicted molar refractivity (Wildman–Crippen MR) is 76.7 cm³/mol. The molecule has 0 aliphatic carbocycles. The second-order valence-corrected chi connectivity index (χ2v) is 5.72. The summed E-state index contributed by atoms with van der Waals surface area (Å²) in [6.07, 6.45) is 0.734. The first-order valence-corrected chi connectivity index (χ1v) is 6.62. The molecule has 1 aromatic rings. The van der Waals surface area contributed by atoms with Crippen LogP contribution in [0.4, 0.5) is 0 Å². The van der Waals surface area contributed by atoms with Crippen LogP contribution >= 0.6 is 0 Å². The fraction of sp³-hybridized carbons (Fsp3) is 0.533. The van der Waals surface area contributed by atoms with Crippen molar-refractivity contribution >= 4 is 5.91 Å². The third-order valence-electron chi connectivity index (χ3n) is 2.95. The molecule has 0 saturated carbocycles. The summed E-state index contributed by atoms with van der Waals surface area (Å²) in [7, 11) is 0. The van der Waals surface area contributed by atoms with Crippen LogP contribution in [0.2, 0.25) is 0 Å². The third-order valence-corrected chi connectivity index (χ3v) is 2.95. The summed E-state index contributed by atoms with van der Waals surface area (Å²) in [6.45, 7) is 6.99. The number of hydrogen-bond donors (Lipinski definition) is 3. The minimum Gasteiger partial charge on any atom is -0.389 e. The lowest BCUT2D eigenvalue weighted by Gasteiger charge is -2.25. The van der Waals surface area contributed by atoms with E-state index in [0.717, 1.165) is 12.0 Å². The number of hydrogen-bond acceptors (Lipinski definition) is 3. The van der Waals surface area contributed by atoms with E-state index in [-0.39, 0.29) is 0 Å². The van der Waals surface area contributed by atoms with Crippen molar-refractivity contribution in [1.29, 1.82) is 0 Å². The van der Waals surface area contributed by atoms with Gasteiger partial charge >= 0.3 is 0 Å². The topological polar surface area (TPSA) is 75.3 Å².